The lowest BCUT2D eigenvalue weighted by Crippen LogP contribution is -2.08. The van der Waals surface area contributed by atoms with E-state index >= 15 is 0 Å². The molecule has 0 atom stereocenters. The minimum Gasteiger partial charge on any atom is -0.436 e. The second-order valence-electron chi connectivity index (χ2n) is 4.14. The summed E-state index contributed by atoms with van der Waals surface area (Å²) in [4.78, 5) is 5.40. The molecule has 0 aliphatic rings. The second kappa shape index (κ2) is 5.09. The van der Waals surface area contributed by atoms with E-state index in [0.29, 0.717) is 11.8 Å². The Balaban J connectivity index is 2.31. The van der Waals surface area contributed by atoms with Crippen molar-refractivity contribution in [3.8, 4) is 11.6 Å². The molecule has 0 spiro atoms. The molecular weight excluding hydrogens is 252 g/mol. The molecule has 2 rings (SSSR count). The number of halogens is 2. The smallest absolute Gasteiger partial charge is 0.258 e. The van der Waals surface area contributed by atoms with Crippen molar-refractivity contribution in [1.82, 2.24) is 4.98 Å². The van der Waals surface area contributed by atoms with E-state index in [1.165, 1.54) is 0 Å². The van der Waals surface area contributed by atoms with Gasteiger partial charge in [-0.15, -0.1) is 0 Å². The average molecular weight is 265 g/mol. The Morgan fingerprint density at radius 1 is 1.16 bits per heavy atom. The molecule has 0 fully saturated rings. The van der Waals surface area contributed by atoms with E-state index in [1.54, 1.807) is 18.2 Å². The fraction of sp³-hybridized carbons (Fsp3) is 0.154. The van der Waals surface area contributed by atoms with Gasteiger partial charge in [-0.2, -0.15) is 4.98 Å². The summed E-state index contributed by atoms with van der Waals surface area (Å²) >= 11 is 0. The molecule has 0 aliphatic heterocycles. The predicted octanol–water partition coefficient (Wildman–Crippen LogP) is 2.80. The van der Waals surface area contributed by atoms with E-state index in [2.05, 4.69) is 4.98 Å². The quantitative estimate of drug-likeness (QED) is 0.927. The molecule has 2 N–H and O–H groups in total. The van der Waals surface area contributed by atoms with E-state index < -0.39 is 17.5 Å². The first-order valence-corrected chi connectivity index (χ1v) is 5.54. The van der Waals surface area contributed by atoms with E-state index in [0.717, 1.165) is 5.69 Å². The number of pyridine rings is 1. The van der Waals surface area contributed by atoms with Gasteiger partial charge >= 0.3 is 0 Å². The number of anilines is 2. The van der Waals surface area contributed by atoms with Crippen molar-refractivity contribution in [2.75, 3.05) is 24.7 Å². The molecule has 1 aromatic heterocycles. The monoisotopic (exact) mass is 265 g/mol. The molecule has 0 radical (unpaired) electrons. The standard InChI is InChI=1S/C13H13F2N3O/c1-18(2)8-4-3-5-9(6-8)19-13-11(15)7-10(14)12(16)17-13/h3-7H,1-2H3,(H2,16,17). The molecule has 0 unspecified atom stereocenters. The zero-order valence-electron chi connectivity index (χ0n) is 10.5. The van der Waals surface area contributed by atoms with Gasteiger partial charge < -0.3 is 15.4 Å². The number of rotatable bonds is 3. The van der Waals surface area contributed by atoms with Crippen LogP contribution < -0.4 is 15.4 Å². The topological polar surface area (TPSA) is 51.4 Å². The van der Waals surface area contributed by atoms with Crippen molar-refractivity contribution in [3.63, 3.8) is 0 Å². The molecule has 0 saturated carbocycles. The fourth-order valence-corrected chi connectivity index (χ4v) is 1.47. The van der Waals surface area contributed by atoms with Crippen LogP contribution in [0.3, 0.4) is 0 Å². The van der Waals surface area contributed by atoms with Crippen LogP contribution in [0.15, 0.2) is 30.3 Å². The zero-order valence-corrected chi connectivity index (χ0v) is 10.5. The van der Waals surface area contributed by atoms with Gasteiger partial charge in [0.05, 0.1) is 0 Å². The van der Waals surface area contributed by atoms with Gasteiger partial charge in [-0.3, -0.25) is 0 Å². The summed E-state index contributed by atoms with van der Waals surface area (Å²) in [6.07, 6.45) is 0. The van der Waals surface area contributed by atoms with Crippen LogP contribution >= 0.6 is 0 Å². The molecule has 2 aromatic rings. The Bertz CT molecular complexity index is 602. The number of ether oxygens (including phenoxy) is 1. The van der Waals surface area contributed by atoms with Crippen LogP contribution in [0.5, 0.6) is 11.6 Å². The maximum Gasteiger partial charge on any atom is 0.258 e. The predicted molar refractivity (Wildman–Crippen MR) is 69.4 cm³/mol. The largest absolute Gasteiger partial charge is 0.436 e. The van der Waals surface area contributed by atoms with Crippen LogP contribution in [0.2, 0.25) is 0 Å². The van der Waals surface area contributed by atoms with Gasteiger partial charge in [-0.05, 0) is 12.1 Å². The Labute approximate surface area is 109 Å². The van der Waals surface area contributed by atoms with E-state index in [1.807, 2.05) is 25.1 Å². The molecule has 1 aromatic carbocycles. The van der Waals surface area contributed by atoms with Crippen LogP contribution in [0, 0.1) is 11.6 Å². The van der Waals surface area contributed by atoms with Crippen molar-refractivity contribution in [3.05, 3.63) is 42.0 Å². The summed E-state index contributed by atoms with van der Waals surface area (Å²) in [7, 11) is 3.74. The van der Waals surface area contributed by atoms with Gasteiger partial charge in [0.15, 0.2) is 17.5 Å². The van der Waals surface area contributed by atoms with Crippen molar-refractivity contribution in [2.45, 2.75) is 0 Å². The normalized spacial score (nSPS) is 10.3. The van der Waals surface area contributed by atoms with Crippen LogP contribution in [-0.2, 0) is 0 Å². The molecule has 0 saturated heterocycles. The molecule has 1 heterocycles. The molecule has 0 bridgehead atoms. The summed E-state index contributed by atoms with van der Waals surface area (Å²) in [5, 5.41) is 0. The molecule has 4 nitrogen and oxygen atoms in total. The van der Waals surface area contributed by atoms with Gasteiger partial charge in [-0.1, -0.05) is 6.07 Å². The van der Waals surface area contributed by atoms with Crippen molar-refractivity contribution in [1.29, 1.82) is 0 Å². The van der Waals surface area contributed by atoms with Crippen LogP contribution in [0.1, 0.15) is 0 Å². The van der Waals surface area contributed by atoms with Crippen LogP contribution in [0.25, 0.3) is 0 Å². The van der Waals surface area contributed by atoms with Crippen LogP contribution in [-0.4, -0.2) is 19.1 Å². The number of hydrogen-bond acceptors (Lipinski definition) is 4. The summed E-state index contributed by atoms with van der Waals surface area (Å²) in [5.74, 6) is -2.17. The highest BCUT2D eigenvalue weighted by Gasteiger charge is 2.12. The molecular formula is C13H13F2N3O. The van der Waals surface area contributed by atoms with Crippen molar-refractivity contribution in [2.24, 2.45) is 0 Å². The number of benzene rings is 1. The molecule has 0 amide bonds. The lowest BCUT2D eigenvalue weighted by atomic mass is 10.3. The van der Waals surface area contributed by atoms with E-state index in [-0.39, 0.29) is 5.88 Å². The number of aromatic nitrogens is 1. The Morgan fingerprint density at radius 2 is 1.89 bits per heavy atom. The minimum atomic E-state index is -0.910. The number of nitrogens with zero attached hydrogens (tertiary/aromatic N) is 2. The van der Waals surface area contributed by atoms with Crippen LogP contribution in [0.4, 0.5) is 20.3 Å². The lowest BCUT2D eigenvalue weighted by molar-refractivity contribution is 0.418. The van der Waals surface area contributed by atoms with Gasteiger partial charge in [0.1, 0.15) is 5.75 Å². The third kappa shape index (κ3) is 2.90. The third-order valence-electron chi connectivity index (χ3n) is 2.47. The molecule has 100 valence electrons. The zero-order chi connectivity index (χ0) is 14.0. The molecule has 0 aliphatic carbocycles. The fourth-order valence-electron chi connectivity index (χ4n) is 1.47. The molecule has 6 heteroatoms. The summed E-state index contributed by atoms with van der Waals surface area (Å²) < 4.78 is 31.7. The first kappa shape index (κ1) is 13.1. The maximum absolute atomic E-state index is 13.5. The molecule has 19 heavy (non-hydrogen) atoms. The Kier molecular flexibility index (Phi) is 3.50. The average Bonchev–Trinajstić information content (AvgIpc) is 2.36. The maximum atomic E-state index is 13.5. The number of hydrogen-bond donors (Lipinski definition) is 1. The van der Waals surface area contributed by atoms with Crippen molar-refractivity contribution < 1.29 is 13.5 Å². The highest BCUT2D eigenvalue weighted by atomic mass is 19.1. The first-order valence-electron chi connectivity index (χ1n) is 5.54. The summed E-state index contributed by atoms with van der Waals surface area (Å²) in [6, 6.07) is 7.63. The number of nitrogen functional groups attached to an aromatic ring is 1. The highest BCUT2D eigenvalue weighted by Crippen LogP contribution is 2.27. The minimum absolute atomic E-state index is 0.352. The van der Waals surface area contributed by atoms with E-state index in [9.17, 15) is 8.78 Å². The van der Waals surface area contributed by atoms with Gasteiger partial charge in [0.25, 0.3) is 5.88 Å². The van der Waals surface area contributed by atoms with Gasteiger partial charge in [0.2, 0.25) is 0 Å². The summed E-state index contributed by atoms with van der Waals surface area (Å²) in [6.45, 7) is 0. The Morgan fingerprint density at radius 3 is 2.58 bits per heavy atom. The SMILES string of the molecule is CN(C)c1cccc(Oc2nc(N)c(F)cc2F)c1. The summed E-state index contributed by atoms with van der Waals surface area (Å²) in [5.41, 5.74) is 6.16. The van der Waals surface area contributed by atoms with Crippen molar-refractivity contribution >= 4 is 11.5 Å². The number of nitrogens with two attached hydrogens (primary N) is 1. The van der Waals surface area contributed by atoms with Gasteiger partial charge in [-0.25, -0.2) is 8.78 Å². The first-order chi connectivity index (χ1) is 8.97. The highest BCUT2D eigenvalue weighted by molar-refractivity contribution is 5.50. The lowest BCUT2D eigenvalue weighted by Gasteiger charge is -2.14. The second-order valence-corrected chi connectivity index (χ2v) is 4.14. The Hall–Kier alpha value is -2.37. The third-order valence-corrected chi connectivity index (χ3v) is 2.47. The van der Waals surface area contributed by atoms with E-state index in [4.69, 9.17) is 10.5 Å². The van der Waals surface area contributed by atoms with Gasteiger partial charge in [0, 0.05) is 31.9 Å².